The van der Waals surface area contributed by atoms with Crippen molar-refractivity contribution in [2.45, 2.75) is 19.4 Å². The van der Waals surface area contributed by atoms with Crippen LogP contribution < -0.4 is 15.0 Å². The molecule has 1 amide bonds. The molecule has 6 nitrogen and oxygen atoms in total. The maximum atomic E-state index is 14.4. The fraction of sp³-hybridized carbons (Fsp3) is 0.429. The Labute approximate surface area is 215 Å². The third kappa shape index (κ3) is 6.67. The molecule has 1 atom stereocenters. The molecule has 180 valence electrons. The van der Waals surface area contributed by atoms with Gasteiger partial charge in [0.05, 0.1) is 28.0 Å². The second-order valence-electron chi connectivity index (χ2n) is 7.59. The molecule has 2 aromatic rings. The van der Waals surface area contributed by atoms with E-state index >= 15 is 0 Å². The lowest BCUT2D eigenvalue weighted by Crippen LogP contribution is -2.50. The number of nitrogens with zero attached hydrogens (tertiary/aromatic N) is 3. The van der Waals surface area contributed by atoms with Gasteiger partial charge in [0, 0.05) is 55.3 Å². The molecule has 0 aliphatic carbocycles. The third-order valence-electron chi connectivity index (χ3n) is 5.39. The monoisotopic (exact) mass is 658 g/mol. The highest BCUT2D eigenvalue weighted by Gasteiger charge is 2.26. The molecule has 3 rings (SSSR count). The summed E-state index contributed by atoms with van der Waals surface area (Å²) in [6.07, 6.45) is -1.81. The molecule has 0 radical (unpaired) electrons. The van der Waals surface area contributed by atoms with E-state index in [1.54, 1.807) is 0 Å². The molecule has 0 saturated carbocycles. The van der Waals surface area contributed by atoms with Crippen LogP contribution in [-0.4, -0.2) is 60.9 Å². The average molecular weight is 659 g/mol. The van der Waals surface area contributed by atoms with Crippen molar-refractivity contribution >= 4 is 63.4 Å². The van der Waals surface area contributed by atoms with E-state index < -0.39 is 23.7 Å². The zero-order valence-electron chi connectivity index (χ0n) is 18.0. The standard InChI is InChI=1S/C21H23BrF3IN4O2S/c1-12-11-30(4-3-29(12)2)18-9-16(23)15(22)8-17(18)28-21(31)14-10-27-19(32-5-6-33-26)7-13(14)20(24)25/h7-10,12,20H,3-6,11H2,1-2H3,(H,28,31)/t12-/m0/s1. The van der Waals surface area contributed by atoms with Crippen LogP contribution in [0.5, 0.6) is 5.88 Å². The van der Waals surface area contributed by atoms with Gasteiger partial charge in [-0.1, -0.05) is 8.93 Å². The van der Waals surface area contributed by atoms with Crippen LogP contribution in [0.2, 0.25) is 0 Å². The first-order valence-corrected chi connectivity index (χ1v) is 14.4. The number of carbonyl (C=O) groups excluding carboxylic acids is 1. The molecular formula is C21H23BrF3IN4O2S. The molecule has 2 heterocycles. The largest absolute Gasteiger partial charge is 0.477 e. The number of hydrogen-bond donors (Lipinski definition) is 1. The molecule has 0 bridgehead atoms. The summed E-state index contributed by atoms with van der Waals surface area (Å²) in [4.78, 5) is 21.2. The maximum Gasteiger partial charge on any atom is 0.264 e. The summed E-state index contributed by atoms with van der Waals surface area (Å²) in [6.45, 7) is 4.40. The second kappa shape index (κ2) is 11.9. The molecule has 0 unspecified atom stereocenters. The number of anilines is 2. The van der Waals surface area contributed by atoms with E-state index in [4.69, 9.17) is 4.74 Å². The highest BCUT2D eigenvalue weighted by molar-refractivity contribution is 14.2. The highest BCUT2D eigenvalue weighted by Crippen LogP contribution is 2.34. The van der Waals surface area contributed by atoms with Gasteiger partial charge in [-0.05, 0) is 57.2 Å². The van der Waals surface area contributed by atoms with Crippen LogP contribution in [0.1, 0.15) is 29.3 Å². The number of pyridine rings is 1. The van der Waals surface area contributed by atoms with E-state index in [0.717, 1.165) is 18.8 Å². The molecule has 1 N–H and O–H groups in total. The smallest absolute Gasteiger partial charge is 0.264 e. The Kier molecular flexibility index (Phi) is 9.53. The van der Waals surface area contributed by atoms with Gasteiger partial charge in [-0.25, -0.2) is 18.2 Å². The van der Waals surface area contributed by atoms with Gasteiger partial charge in [-0.3, -0.25) is 4.79 Å². The lowest BCUT2D eigenvalue weighted by atomic mass is 10.1. The number of aromatic nitrogens is 1. The average Bonchev–Trinajstić information content (AvgIpc) is 2.78. The number of nitrogens with one attached hydrogen (secondary N) is 1. The van der Waals surface area contributed by atoms with Gasteiger partial charge in [-0.2, -0.15) is 0 Å². The fourth-order valence-electron chi connectivity index (χ4n) is 3.43. The summed E-state index contributed by atoms with van der Waals surface area (Å²) >= 11 is 5.25. The molecule has 1 aliphatic heterocycles. The Hall–Kier alpha value is -1.25. The van der Waals surface area contributed by atoms with Crippen LogP contribution in [0.3, 0.4) is 0 Å². The van der Waals surface area contributed by atoms with Gasteiger partial charge >= 0.3 is 0 Å². The number of likely N-dealkylation sites (N-methyl/N-ethyl adjacent to an activating group) is 1. The zero-order valence-corrected chi connectivity index (χ0v) is 22.5. The Morgan fingerprint density at radius 1 is 1.39 bits per heavy atom. The minimum atomic E-state index is -2.90. The number of ether oxygens (including phenoxy) is 1. The normalized spacial score (nSPS) is 16.8. The second-order valence-corrected chi connectivity index (χ2v) is 10.9. The van der Waals surface area contributed by atoms with Crippen molar-refractivity contribution in [3.05, 3.63) is 45.8 Å². The number of benzene rings is 1. The molecule has 1 aromatic carbocycles. The highest BCUT2D eigenvalue weighted by atomic mass is 127. The number of carbonyl (C=O) groups is 1. The van der Waals surface area contributed by atoms with E-state index in [9.17, 15) is 18.0 Å². The first kappa shape index (κ1) is 26.4. The van der Waals surface area contributed by atoms with E-state index in [0.29, 0.717) is 36.8 Å². The molecule has 33 heavy (non-hydrogen) atoms. The Balaban J connectivity index is 1.88. The van der Waals surface area contributed by atoms with Crippen LogP contribution in [0.4, 0.5) is 24.5 Å². The van der Waals surface area contributed by atoms with Crippen LogP contribution in [0, 0.1) is 5.82 Å². The van der Waals surface area contributed by atoms with E-state index in [1.807, 2.05) is 11.9 Å². The Morgan fingerprint density at radius 2 is 2.15 bits per heavy atom. The predicted octanol–water partition coefficient (Wildman–Crippen LogP) is 5.78. The Bertz CT molecular complexity index is 1000. The molecule has 1 fully saturated rings. The van der Waals surface area contributed by atoms with E-state index in [-0.39, 0.29) is 22.0 Å². The van der Waals surface area contributed by atoms with Crippen molar-refractivity contribution in [2.75, 3.05) is 49.3 Å². The van der Waals surface area contributed by atoms with Gasteiger partial charge in [0.1, 0.15) is 5.82 Å². The van der Waals surface area contributed by atoms with Gasteiger partial charge in [0.15, 0.2) is 0 Å². The summed E-state index contributed by atoms with van der Waals surface area (Å²) in [5.74, 6) is -0.532. The lowest BCUT2D eigenvalue weighted by molar-refractivity contribution is 0.101. The molecule has 1 aromatic heterocycles. The minimum Gasteiger partial charge on any atom is -0.477 e. The van der Waals surface area contributed by atoms with Gasteiger partial charge < -0.3 is 19.9 Å². The number of amides is 1. The molecule has 1 aliphatic rings. The molecular weight excluding hydrogens is 636 g/mol. The van der Waals surface area contributed by atoms with Crippen molar-refractivity contribution in [1.29, 1.82) is 0 Å². The molecule has 0 spiro atoms. The van der Waals surface area contributed by atoms with Crippen molar-refractivity contribution in [2.24, 2.45) is 0 Å². The summed E-state index contributed by atoms with van der Waals surface area (Å²) in [6, 6.07) is 4.09. The van der Waals surface area contributed by atoms with Crippen LogP contribution >= 0.6 is 46.1 Å². The number of halogens is 5. The SMILES string of the molecule is C[C@H]1CN(c2cc(F)c(Br)cc2NC(=O)c2cnc(OCCSI)cc2C(F)F)CCN1C. The number of rotatable bonds is 8. The number of alkyl halides is 2. The first-order chi connectivity index (χ1) is 15.7. The van der Waals surface area contributed by atoms with Crippen molar-refractivity contribution in [3.8, 4) is 5.88 Å². The zero-order chi connectivity index (χ0) is 24.1. The number of hydrogen-bond acceptors (Lipinski definition) is 6. The molecule has 12 heteroatoms. The predicted molar refractivity (Wildman–Crippen MR) is 138 cm³/mol. The summed E-state index contributed by atoms with van der Waals surface area (Å²) < 4.78 is 47.4. The summed E-state index contributed by atoms with van der Waals surface area (Å²) in [7, 11) is 3.54. The van der Waals surface area contributed by atoms with Crippen LogP contribution in [0.15, 0.2) is 28.9 Å². The van der Waals surface area contributed by atoms with Gasteiger partial charge in [-0.15, -0.1) is 0 Å². The van der Waals surface area contributed by atoms with E-state index in [1.165, 1.54) is 21.1 Å². The quantitative estimate of drug-likeness (QED) is 0.287. The first-order valence-electron chi connectivity index (χ1n) is 10.1. The summed E-state index contributed by atoms with van der Waals surface area (Å²) in [5, 5.41) is 2.68. The molecule has 1 saturated heterocycles. The van der Waals surface area contributed by atoms with Gasteiger partial charge in [0.2, 0.25) is 5.88 Å². The topological polar surface area (TPSA) is 57.7 Å². The fourth-order valence-corrected chi connectivity index (χ4v) is 4.46. The summed E-state index contributed by atoms with van der Waals surface area (Å²) in [5.41, 5.74) is 0.0748. The van der Waals surface area contributed by atoms with Crippen molar-refractivity contribution in [3.63, 3.8) is 0 Å². The van der Waals surface area contributed by atoms with Crippen LogP contribution in [-0.2, 0) is 0 Å². The van der Waals surface area contributed by atoms with Crippen LogP contribution in [0.25, 0.3) is 0 Å². The van der Waals surface area contributed by atoms with Gasteiger partial charge in [0.25, 0.3) is 12.3 Å². The van der Waals surface area contributed by atoms with E-state index in [2.05, 4.69) is 59.3 Å². The Morgan fingerprint density at radius 3 is 2.82 bits per heavy atom. The van der Waals surface area contributed by atoms with Crippen molar-refractivity contribution < 1.29 is 22.7 Å². The minimum absolute atomic E-state index is 0.0314. The lowest BCUT2D eigenvalue weighted by Gasteiger charge is -2.39. The van der Waals surface area contributed by atoms with Crippen molar-refractivity contribution in [1.82, 2.24) is 9.88 Å². The third-order valence-corrected chi connectivity index (χ3v) is 7.64. The maximum absolute atomic E-state index is 14.4. The number of piperazine rings is 1.